The highest BCUT2D eigenvalue weighted by Gasteiger charge is 2.39. The molecule has 0 aromatic heterocycles. The summed E-state index contributed by atoms with van der Waals surface area (Å²) in [6.45, 7) is 7.88. The Balaban J connectivity index is 1.65. The highest BCUT2D eigenvalue weighted by Crippen LogP contribution is 2.43. The summed E-state index contributed by atoms with van der Waals surface area (Å²) >= 11 is 0. The number of nitrogens with one attached hydrogen (secondary N) is 2. The van der Waals surface area contributed by atoms with E-state index in [9.17, 15) is 9.90 Å². The smallest absolute Gasteiger partial charge is 0.237 e. The Bertz CT molecular complexity index is 585. The standard InChI is InChI=1S/C20H30N2O2/c1-19(2,3)14-5-7-15(8-6-14)20(9-4-10-20)13-22-18(24)17-11-16(23)12-21-17/h5-8,16-17,21,23H,4,9-13H2,1-3H3,(H,22,24). The third-order valence-electron chi connectivity index (χ3n) is 5.70. The molecule has 4 nitrogen and oxygen atoms in total. The Morgan fingerprint density at radius 3 is 2.42 bits per heavy atom. The van der Waals surface area contributed by atoms with Crippen LogP contribution in [-0.2, 0) is 15.6 Å². The Kier molecular flexibility index (Phi) is 4.71. The van der Waals surface area contributed by atoms with Crippen LogP contribution in [0.3, 0.4) is 0 Å². The van der Waals surface area contributed by atoms with Crippen molar-refractivity contribution >= 4 is 5.91 Å². The Morgan fingerprint density at radius 1 is 1.29 bits per heavy atom. The monoisotopic (exact) mass is 330 g/mol. The molecule has 2 aliphatic rings. The van der Waals surface area contributed by atoms with Gasteiger partial charge in [-0.05, 0) is 35.8 Å². The first-order valence-corrected chi connectivity index (χ1v) is 9.10. The van der Waals surface area contributed by atoms with E-state index in [1.54, 1.807) is 0 Å². The van der Waals surface area contributed by atoms with Crippen molar-refractivity contribution in [3.63, 3.8) is 0 Å². The molecule has 1 aromatic rings. The number of β-amino-alcohol motifs (C(OH)–C–C–N with tert-alkyl or cyclic N) is 1. The molecule has 1 saturated carbocycles. The first-order chi connectivity index (χ1) is 11.3. The average molecular weight is 330 g/mol. The van der Waals surface area contributed by atoms with Crippen molar-refractivity contribution in [2.24, 2.45) is 0 Å². The van der Waals surface area contributed by atoms with Gasteiger partial charge in [0.05, 0.1) is 12.1 Å². The molecule has 0 spiro atoms. The van der Waals surface area contributed by atoms with Gasteiger partial charge in [0.25, 0.3) is 0 Å². The number of carbonyl (C=O) groups is 1. The van der Waals surface area contributed by atoms with Gasteiger partial charge in [-0.25, -0.2) is 0 Å². The summed E-state index contributed by atoms with van der Waals surface area (Å²) in [5.41, 5.74) is 2.92. The van der Waals surface area contributed by atoms with Crippen molar-refractivity contribution in [3.8, 4) is 0 Å². The SMILES string of the molecule is CC(C)(C)c1ccc(C2(CNC(=O)C3CC(O)CN3)CCC2)cc1. The van der Waals surface area contributed by atoms with Crippen LogP contribution < -0.4 is 10.6 Å². The lowest BCUT2D eigenvalue weighted by atomic mass is 9.64. The summed E-state index contributed by atoms with van der Waals surface area (Å²) in [6, 6.07) is 8.69. The van der Waals surface area contributed by atoms with Crippen molar-refractivity contribution in [3.05, 3.63) is 35.4 Å². The summed E-state index contributed by atoms with van der Waals surface area (Å²) in [5, 5.41) is 15.8. The van der Waals surface area contributed by atoms with Crippen LogP contribution in [0.25, 0.3) is 0 Å². The number of hydrogen-bond acceptors (Lipinski definition) is 3. The van der Waals surface area contributed by atoms with Gasteiger partial charge < -0.3 is 15.7 Å². The van der Waals surface area contributed by atoms with Gasteiger partial charge in [0.2, 0.25) is 5.91 Å². The topological polar surface area (TPSA) is 61.4 Å². The fraction of sp³-hybridized carbons (Fsp3) is 0.650. The summed E-state index contributed by atoms with van der Waals surface area (Å²) < 4.78 is 0. The van der Waals surface area contributed by atoms with E-state index in [1.165, 1.54) is 17.5 Å². The van der Waals surface area contributed by atoms with Crippen LogP contribution in [0.4, 0.5) is 0 Å². The minimum absolute atomic E-state index is 0.0177. The molecule has 1 saturated heterocycles. The summed E-state index contributed by atoms with van der Waals surface area (Å²) in [6.07, 6.45) is 3.59. The van der Waals surface area contributed by atoms with Crippen LogP contribution in [0.5, 0.6) is 0 Å². The number of amides is 1. The lowest BCUT2D eigenvalue weighted by Gasteiger charge is -2.43. The molecule has 1 amide bonds. The van der Waals surface area contributed by atoms with Crippen LogP contribution in [0.2, 0.25) is 0 Å². The Morgan fingerprint density at radius 2 is 1.96 bits per heavy atom. The number of hydrogen-bond donors (Lipinski definition) is 3. The molecule has 2 atom stereocenters. The molecule has 3 rings (SSSR count). The van der Waals surface area contributed by atoms with Gasteiger partial charge in [0.15, 0.2) is 0 Å². The number of rotatable bonds is 4. The second-order valence-electron chi connectivity index (χ2n) is 8.53. The molecule has 2 fully saturated rings. The fourth-order valence-electron chi connectivity index (χ4n) is 3.79. The van der Waals surface area contributed by atoms with Gasteiger partial charge in [-0.2, -0.15) is 0 Å². The molecular weight excluding hydrogens is 300 g/mol. The van der Waals surface area contributed by atoms with Gasteiger partial charge >= 0.3 is 0 Å². The van der Waals surface area contributed by atoms with Gasteiger partial charge in [-0.1, -0.05) is 51.5 Å². The van der Waals surface area contributed by atoms with Crippen molar-refractivity contribution in [1.82, 2.24) is 10.6 Å². The third-order valence-corrected chi connectivity index (χ3v) is 5.70. The van der Waals surface area contributed by atoms with E-state index in [4.69, 9.17) is 0 Å². The molecule has 4 heteroatoms. The van der Waals surface area contributed by atoms with E-state index in [0.29, 0.717) is 19.5 Å². The quantitative estimate of drug-likeness (QED) is 0.793. The van der Waals surface area contributed by atoms with Crippen LogP contribution in [0.1, 0.15) is 57.6 Å². The largest absolute Gasteiger partial charge is 0.392 e. The molecule has 24 heavy (non-hydrogen) atoms. The van der Waals surface area contributed by atoms with Crippen molar-refractivity contribution in [2.45, 2.75) is 69.4 Å². The average Bonchev–Trinajstić information content (AvgIpc) is 2.92. The van der Waals surface area contributed by atoms with Crippen LogP contribution in [0, 0.1) is 0 Å². The maximum absolute atomic E-state index is 12.3. The molecule has 0 bridgehead atoms. The van der Waals surface area contributed by atoms with E-state index in [2.05, 4.69) is 55.7 Å². The van der Waals surface area contributed by atoms with Crippen molar-refractivity contribution in [1.29, 1.82) is 0 Å². The van der Waals surface area contributed by atoms with Crippen molar-refractivity contribution < 1.29 is 9.90 Å². The molecule has 0 radical (unpaired) electrons. The molecule has 1 aliphatic heterocycles. The predicted molar refractivity (Wildman–Crippen MR) is 96.1 cm³/mol. The van der Waals surface area contributed by atoms with Gasteiger partial charge in [-0.3, -0.25) is 4.79 Å². The number of carbonyl (C=O) groups excluding carboxylic acids is 1. The molecule has 1 heterocycles. The molecule has 1 aromatic carbocycles. The van der Waals surface area contributed by atoms with Gasteiger partial charge in [0.1, 0.15) is 0 Å². The highest BCUT2D eigenvalue weighted by molar-refractivity contribution is 5.82. The predicted octanol–water partition coefficient (Wildman–Crippen LogP) is 2.24. The Labute approximate surface area is 145 Å². The van der Waals surface area contributed by atoms with Crippen LogP contribution in [-0.4, -0.2) is 36.2 Å². The third kappa shape index (κ3) is 3.50. The number of benzene rings is 1. The maximum Gasteiger partial charge on any atom is 0.237 e. The summed E-state index contributed by atoms with van der Waals surface area (Å²) in [5.74, 6) is 0.0177. The van der Waals surface area contributed by atoms with E-state index in [0.717, 1.165) is 12.8 Å². The van der Waals surface area contributed by atoms with E-state index >= 15 is 0 Å². The maximum atomic E-state index is 12.3. The van der Waals surface area contributed by atoms with E-state index in [-0.39, 0.29) is 22.8 Å². The van der Waals surface area contributed by atoms with Gasteiger partial charge in [0, 0.05) is 18.5 Å². The first kappa shape index (κ1) is 17.4. The minimum Gasteiger partial charge on any atom is -0.392 e. The lowest BCUT2D eigenvalue weighted by Crippen LogP contribution is -2.49. The van der Waals surface area contributed by atoms with E-state index < -0.39 is 6.10 Å². The lowest BCUT2D eigenvalue weighted by molar-refractivity contribution is -0.123. The molecule has 3 N–H and O–H groups in total. The highest BCUT2D eigenvalue weighted by atomic mass is 16.3. The second-order valence-corrected chi connectivity index (χ2v) is 8.53. The summed E-state index contributed by atoms with van der Waals surface area (Å²) in [7, 11) is 0. The molecular formula is C20H30N2O2. The van der Waals surface area contributed by atoms with Crippen LogP contribution in [0.15, 0.2) is 24.3 Å². The minimum atomic E-state index is -0.400. The zero-order valence-electron chi connectivity index (χ0n) is 15.1. The molecule has 2 unspecified atom stereocenters. The number of aliphatic hydroxyl groups is 1. The van der Waals surface area contributed by atoms with E-state index in [1.807, 2.05) is 0 Å². The number of aliphatic hydroxyl groups excluding tert-OH is 1. The Hall–Kier alpha value is -1.39. The molecule has 1 aliphatic carbocycles. The second kappa shape index (κ2) is 6.49. The van der Waals surface area contributed by atoms with Gasteiger partial charge in [-0.15, -0.1) is 0 Å². The van der Waals surface area contributed by atoms with Crippen molar-refractivity contribution in [2.75, 3.05) is 13.1 Å². The first-order valence-electron chi connectivity index (χ1n) is 9.10. The fourth-order valence-corrected chi connectivity index (χ4v) is 3.79. The zero-order chi connectivity index (χ0) is 17.4. The van der Waals surface area contributed by atoms with Crippen LogP contribution >= 0.6 is 0 Å². The zero-order valence-corrected chi connectivity index (χ0v) is 15.1. The summed E-state index contributed by atoms with van der Waals surface area (Å²) in [4.78, 5) is 12.3. The normalized spacial score (nSPS) is 26.0. The molecule has 132 valence electrons.